The minimum absolute atomic E-state index is 0.0718. The van der Waals surface area contributed by atoms with Gasteiger partial charge < -0.3 is 10.1 Å². The van der Waals surface area contributed by atoms with E-state index in [-0.39, 0.29) is 22.2 Å². The minimum atomic E-state index is -3.84. The van der Waals surface area contributed by atoms with Crippen LogP contribution in [0.15, 0.2) is 17.0 Å². The molecule has 1 saturated heterocycles. The first-order chi connectivity index (χ1) is 11.6. The van der Waals surface area contributed by atoms with Crippen LogP contribution >= 0.6 is 0 Å². The van der Waals surface area contributed by atoms with Gasteiger partial charge in [-0.3, -0.25) is 0 Å². The Balaban J connectivity index is 2.44. The largest absolute Gasteiger partial charge is 0.495 e. The smallest absolute Gasteiger partial charge is 0.187 e. The molecule has 6 nitrogen and oxygen atoms in total. The van der Waals surface area contributed by atoms with E-state index in [0.29, 0.717) is 6.54 Å². The summed E-state index contributed by atoms with van der Waals surface area (Å²) < 4.78 is 55.9. The number of aryl methyl sites for hydroxylation is 2. The summed E-state index contributed by atoms with van der Waals surface area (Å²) in [7, 11) is -5.82. The average molecular weight is 390 g/mol. The van der Waals surface area contributed by atoms with Gasteiger partial charge in [-0.1, -0.05) is 13.3 Å². The van der Waals surface area contributed by atoms with E-state index >= 15 is 0 Å². The fourth-order valence-corrected chi connectivity index (χ4v) is 8.03. The Morgan fingerprint density at radius 3 is 2.44 bits per heavy atom. The Kier molecular flexibility index (Phi) is 6.17. The van der Waals surface area contributed by atoms with Crippen LogP contribution in [0.4, 0.5) is 0 Å². The highest BCUT2D eigenvalue weighted by Crippen LogP contribution is 2.33. The predicted molar refractivity (Wildman–Crippen MR) is 98.8 cm³/mol. The number of ether oxygens (including phenoxy) is 1. The van der Waals surface area contributed by atoms with Gasteiger partial charge in [0.1, 0.15) is 10.6 Å². The highest BCUT2D eigenvalue weighted by molar-refractivity contribution is 7.96. The third kappa shape index (κ3) is 4.35. The highest BCUT2D eigenvalue weighted by atomic mass is 32.2. The van der Waals surface area contributed by atoms with Gasteiger partial charge in [-0.05, 0) is 50.1 Å². The van der Waals surface area contributed by atoms with Crippen molar-refractivity contribution in [2.24, 2.45) is 0 Å². The zero-order valence-corrected chi connectivity index (χ0v) is 16.8. The maximum atomic E-state index is 13.2. The molecule has 25 heavy (non-hydrogen) atoms. The van der Waals surface area contributed by atoms with E-state index in [0.717, 1.165) is 24.0 Å². The second kappa shape index (κ2) is 7.63. The fourth-order valence-electron chi connectivity index (χ4n) is 3.08. The molecule has 1 aromatic rings. The van der Waals surface area contributed by atoms with Crippen molar-refractivity contribution in [1.29, 1.82) is 0 Å². The van der Waals surface area contributed by atoms with Crippen LogP contribution in [0.2, 0.25) is 0 Å². The van der Waals surface area contributed by atoms with Crippen molar-refractivity contribution < 1.29 is 21.6 Å². The number of benzene rings is 1. The fraction of sp³-hybridized carbons (Fsp3) is 0.647. The number of sulfone groups is 2. The molecule has 1 aliphatic rings. The average Bonchev–Trinajstić information content (AvgIpc) is 2.85. The Morgan fingerprint density at radius 1 is 1.20 bits per heavy atom. The molecule has 0 amide bonds. The molecule has 2 rings (SSSR count). The molecule has 0 saturated carbocycles. The van der Waals surface area contributed by atoms with E-state index in [4.69, 9.17) is 4.74 Å². The monoisotopic (exact) mass is 389 g/mol. The lowest BCUT2D eigenvalue weighted by molar-refractivity contribution is 0.401. The molecule has 8 heteroatoms. The van der Waals surface area contributed by atoms with Gasteiger partial charge in [0.25, 0.3) is 0 Å². The molecule has 1 aliphatic heterocycles. The minimum Gasteiger partial charge on any atom is -0.495 e. The van der Waals surface area contributed by atoms with Crippen LogP contribution in [0.3, 0.4) is 0 Å². The maximum absolute atomic E-state index is 13.2. The highest BCUT2D eigenvalue weighted by Gasteiger charge is 2.46. The summed E-state index contributed by atoms with van der Waals surface area (Å²) in [6, 6.07) is 2.68. The Hall–Kier alpha value is -1.12. The van der Waals surface area contributed by atoms with Crippen LogP contribution in [0.25, 0.3) is 0 Å². The summed E-state index contributed by atoms with van der Waals surface area (Å²) in [5, 5.41) is 2.13. The first-order valence-electron chi connectivity index (χ1n) is 8.45. The zero-order chi connectivity index (χ0) is 18.8. The van der Waals surface area contributed by atoms with Crippen molar-refractivity contribution in [3.8, 4) is 5.75 Å². The molecule has 1 heterocycles. The predicted octanol–water partition coefficient (Wildman–Crippen LogP) is 1.64. The summed E-state index contributed by atoms with van der Waals surface area (Å²) in [5.74, 6) is -0.233. The number of hydrogen-bond acceptors (Lipinski definition) is 6. The van der Waals surface area contributed by atoms with E-state index in [9.17, 15) is 16.8 Å². The lowest BCUT2D eigenvalue weighted by atomic mass is 10.1. The Bertz CT molecular complexity index is 831. The Morgan fingerprint density at radius 2 is 1.84 bits per heavy atom. The van der Waals surface area contributed by atoms with Crippen molar-refractivity contribution in [3.05, 3.63) is 23.3 Å². The summed E-state index contributed by atoms with van der Waals surface area (Å²) >= 11 is 0. The molecule has 0 aromatic heterocycles. The molecular formula is C17H27NO5S2. The molecule has 0 radical (unpaired) electrons. The SMILES string of the molecule is CCCCN[C@H]1CS(=O)(=O)C[C@@H]1S(=O)(=O)c1cc(C)c(C)cc1OC. The lowest BCUT2D eigenvalue weighted by Crippen LogP contribution is -2.43. The molecule has 0 unspecified atom stereocenters. The van der Waals surface area contributed by atoms with Gasteiger partial charge in [0.05, 0.1) is 23.9 Å². The van der Waals surface area contributed by atoms with Crippen molar-refractivity contribution in [1.82, 2.24) is 5.32 Å². The van der Waals surface area contributed by atoms with Gasteiger partial charge in [-0.2, -0.15) is 0 Å². The first kappa shape index (κ1) is 20.2. The van der Waals surface area contributed by atoms with Crippen LogP contribution in [0, 0.1) is 13.8 Å². The van der Waals surface area contributed by atoms with E-state index in [1.54, 1.807) is 12.1 Å². The van der Waals surface area contributed by atoms with Gasteiger partial charge in [0.2, 0.25) is 0 Å². The third-order valence-electron chi connectivity index (χ3n) is 4.72. The number of nitrogens with one attached hydrogen (secondary N) is 1. The van der Waals surface area contributed by atoms with Crippen molar-refractivity contribution in [2.75, 3.05) is 25.2 Å². The lowest BCUT2D eigenvalue weighted by Gasteiger charge is -2.21. The molecule has 1 aromatic carbocycles. The number of methoxy groups -OCH3 is 1. The summed E-state index contributed by atoms with van der Waals surface area (Å²) in [6.45, 7) is 6.34. The van der Waals surface area contributed by atoms with E-state index in [1.165, 1.54) is 7.11 Å². The number of hydrogen-bond donors (Lipinski definition) is 1. The van der Waals surface area contributed by atoms with E-state index in [2.05, 4.69) is 5.32 Å². The summed E-state index contributed by atoms with van der Waals surface area (Å²) in [6.07, 6.45) is 1.82. The van der Waals surface area contributed by atoms with Gasteiger partial charge >= 0.3 is 0 Å². The van der Waals surface area contributed by atoms with Crippen molar-refractivity contribution >= 4 is 19.7 Å². The topological polar surface area (TPSA) is 89.5 Å². The van der Waals surface area contributed by atoms with E-state index in [1.807, 2.05) is 20.8 Å². The molecule has 1 fully saturated rings. The Labute approximate surface area is 150 Å². The third-order valence-corrected chi connectivity index (χ3v) is 8.89. The summed E-state index contributed by atoms with van der Waals surface area (Å²) in [4.78, 5) is 0.0718. The van der Waals surface area contributed by atoms with Gasteiger partial charge in [0.15, 0.2) is 19.7 Å². The molecular weight excluding hydrogens is 362 g/mol. The summed E-state index contributed by atoms with van der Waals surface area (Å²) in [5.41, 5.74) is 1.75. The number of unbranched alkanes of at least 4 members (excludes halogenated alkanes) is 1. The molecule has 1 N–H and O–H groups in total. The van der Waals surface area contributed by atoms with Gasteiger partial charge in [-0.15, -0.1) is 0 Å². The second-order valence-electron chi connectivity index (χ2n) is 6.66. The molecule has 0 spiro atoms. The zero-order valence-electron chi connectivity index (χ0n) is 15.2. The quantitative estimate of drug-likeness (QED) is 0.713. The van der Waals surface area contributed by atoms with E-state index < -0.39 is 31.0 Å². The van der Waals surface area contributed by atoms with Crippen LogP contribution in [0.5, 0.6) is 5.75 Å². The molecule has 0 bridgehead atoms. The van der Waals surface area contributed by atoms with Gasteiger partial charge in [-0.25, -0.2) is 16.8 Å². The second-order valence-corrected chi connectivity index (χ2v) is 11.0. The van der Waals surface area contributed by atoms with Crippen LogP contribution < -0.4 is 10.1 Å². The normalized spacial score (nSPS) is 22.9. The number of rotatable bonds is 7. The first-order valence-corrected chi connectivity index (χ1v) is 11.8. The van der Waals surface area contributed by atoms with Crippen LogP contribution in [0.1, 0.15) is 30.9 Å². The van der Waals surface area contributed by atoms with Crippen LogP contribution in [-0.4, -0.2) is 53.3 Å². The molecule has 0 aliphatic carbocycles. The molecule has 142 valence electrons. The standard InChI is InChI=1S/C17H27NO5S2/c1-5-6-7-18-14-10-24(19,20)11-17(14)25(21,22)16-9-13(3)12(2)8-15(16)23-4/h8-9,14,17-18H,5-7,10-11H2,1-4H3/t14-,17-/m0/s1. The van der Waals surface area contributed by atoms with Gasteiger partial charge in [0, 0.05) is 6.04 Å². The van der Waals surface area contributed by atoms with Crippen LogP contribution in [-0.2, 0) is 19.7 Å². The van der Waals surface area contributed by atoms with Crippen molar-refractivity contribution in [2.45, 2.75) is 49.8 Å². The maximum Gasteiger partial charge on any atom is 0.187 e. The molecule has 2 atom stereocenters. The van der Waals surface area contributed by atoms with Crippen molar-refractivity contribution in [3.63, 3.8) is 0 Å².